The first-order chi connectivity index (χ1) is 14.2. The van der Waals surface area contributed by atoms with Crippen molar-refractivity contribution in [2.75, 3.05) is 23.3 Å². The highest BCUT2D eigenvalue weighted by Crippen LogP contribution is 2.29. The van der Waals surface area contributed by atoms with E-state index in [9.17, 15) is 9.90 Å². The molecule has 2 heterocycles. The van der Waals surface area contributed by atoms with E-state index in [-0.39, 0.29) is 17.8 Å². The summed E-state index contributed by atoms with van der Waals surface area (Å²) in [5, 5.41) is 13.4. The van der Waals surface area contributed by atoms with E-state index in [0.717, 1.165) is 68.7 Å². The largest absolute Gasteiger partial charge is 0.508 e. The van der Waals surface area contributed by atoms with Gasteiger partial charge in [0, 0.05) is 30.9 Å². The van der Waals surface area contributed by atoms with Gasteiger partial charge in [0.05, 0.1) is 12.2 Å². The lowest BCUT2D eigenvalue weighted by Gasteiger charge is -2.35. The number of aromatic nitrogens is 1. The second kappa shape index (κ2) is 9.16. The predicted molar refractivity (Wildman–Crippen MR) is 115 cm³/mol. The minimum atomic E-state index is -0.117. The van der Waals surface area contributed by atoms with Gasteiger partial charge in [0.25, 0.3) is 0 Å². The van der Waals surface area contributed by atoms with Crippen molar-refractivity contribution >= 4 is 17.5 Å². The Bertz CT molecular complexity index is 829. The van der Waals surface area contributed by atoms with Gasteiger partial charge in [-0.05, 0) is 43.9 Å². The lowest BCUT2D eigenvalue weighted by molar-refractivity contribution is 0.162. The molecule has 154 valence electrons. The maximum absolute atomic E-state index is 13.4. The van der Waals surface area contributed by atoms with E-state index >= 15 is 0 Å². The van der Waals surface area contributed by atoms with Crippen LogP contribution >= 0.6 is 0 Å². The standard InChI is InChI=1S/C23H30N4O2/c28-21-13-5-4-9-18(21)17-27(19-10-2-1-3-11-19)23(29)25-20-12-8-14-24-22(20)26-15-6-7-16-26/h4-5,8-9,12-14,19,28H,1-3,6-7,10-11,15-17H2,(H,25,29). The van der Waals surface area contributed by atoms with Crippen LogP contribution in [-0.2, 0) is 6.54 Å². The summed E-state index contributed by atoms with van der Waals surface area (Å²) in [5.41, 5.74) is 1.54. The van der Waals surface area contributed by atoms with Crippen LogP contribution in [0.1, 0.15) is 50.5 Å². The molecule has 6 nitrogen and oxygen atoms in total. The molecule has 0 bridgehead atoms. The van der Waals surface area contributed by atoms with Crippen molar-refractivity contribution in [3.63, 3.8) is 0 Å². The molecule has 2 amide bonds. The third kappa shape index (κ3) is 4.63. The SMILES string of the molecule is O=C(Nc1cccnc1N1CCCC1)N(Cc1ccccc1O)C1CCCCC1. The molecule has 1 aromatic carbocycles. The fourth-order valence-corrected chi connectivity index (χ4v) is 4.45. The summed E-state index contributed by atoms with van der Waals surface area (Å²) >= 11 is 0. The van der Waals surface area contributed by atoms with E-state index in [1.54, 1.807) is 12.3 Å². The average Bonchev–Trinajstić information content (AvgIpc) is 3.29. The van der Waals surface area contributed by atoms with Crippen LogP contribution in [0, 0.1) is 0 Å². The number of anilines is 2. The van der Waals surface area contributed by atoms with Gasteiger partial charge in [-0.3, -0.25) is 0 Å². The molecule has 4 rings (SSSR count). The summed E-state index contributed by atoms with van der Waals surface area (Å²) in [6.07, 6.45) is 9.62. The van der Waals surface area contributed by atoms with Crippen LogP contribution in [0.15, 0.2) is 42.6 Å². The molecule has 1 aromatic heterocycles. The number of hydrogen-bond acceptors (Lipinski definition) is 4. The molecule has 0 unspecified atom stereocenters. The Kier molecular flexibility index (Phi) is 6.17. The van der Waals surface area contributed by atoms with Crippen LogP contribution in [0.25, 0.3) is 0 Å². The highest BCUT2D eigenvalue weighted by Gasteiger charge is 2.27. The van der Waals surface area contributed by atoms with Gasteiger partial charge in [-0.2, -0.15) is 0 Å². The molecule has 2 fully saturated rings. The van der Waals surface area contributed by atoms with E-state index in [2.05, 4.69) is 15.2 Å². The predicted octanol–water partition coefficient (Wildman–Crippen LogP) is 4.75. The first-order valence-electron chi connectivity index (χ1n) is 10.8. The highest BCUT2D eigenvalue weighted by atomic mass is 16.3. The van der Waals surface area contributed by atoms with Crippen molar-refractivity contribution in [3.8, 4) is 5.75 Å². The number of aromatic hydroxyl groups is 1. The second-order valence-corrected chi connectivity index (χ2v) is 8.05. The van der Waals surface area contributed by atoms with Crippen molar-refractivity contribution < 1.29 is 9.90 Å². The van der Waals surface area contributed by atoms with Gasteiger partial charge in [-0.1, -0.05) is 37.5 Å². The van der Waals surface area contributed by atoms with Crippen LogP contribution in [0.5, 0.6) is 5.75 Å². The summed E-state index contributed by atoms with van der Waals surface area (Å²) in [5.74, 6) is 1.09. The van der Waals surface area contributed by atoms with E-state index in [1.165, 1.54) is 6.42 Å². The summed E-state index contributed by atoms with van der Waals surface area (Å²) < 4.78 is 0. The summed E-state index contributed by atoms with van der Waals surface area (Å²) in [4.78, 5) is 22.1. The van der Waals surface area contributed by atoms with E-state index < -0.39 is 0 Å². The van der Waals surface area contributed by atoms with Crippen LogP contribution in [0.4, 0.5) is 16.3 Å². The maximum Gasteiger partial charge on any atom is 0.322 e. The van der Waals surface area contributed by atoms with Crippen molar-refractivity contribution in [2.24, 2.45) is 0 Å². The molecule has 1 aliphatic carbocycles. The van der Waals surface area contributed by atoms with Crippen LogP contribution in [0.2, 0.25) is 0 Å². The molecular formula is C23H30N4O2. The molecule has 0 radical (unpaired) electrons. The molecule has 1 saturated heterocycles. The highest BCUT2D eigenvalue weighted by molar-refractivity contribution is 5.92. The van der Waals surface area contributed by atoms with Crippen molar-refractivity contribution in [1.29, 1.82) is 0 Å². The average molecular weight is 395 g/mol. The Morgan fingerprint density at radius 2 is 1.83 bits per heavy atom. The number of nitrogens with zero attached hydrogens (tertiary/aromatic N) is 3. The first kappa shape index (κ1) is 19.6. The van der Waals surface area contributed by atoms with Gasteiger partial charge in [-0.15, -0.1) is 0 Å². The molecule has 2 aliphatic rings. The molecule has 29 heavy (non-hydrogen) atoms. The Hall–Kier alpha value is -2.76. The minimum absolute atomic E-state index is 0.117. The quantitative estimate of drug-likeness (QED) is 0.768. The smallest absolute Gasteiger partial charge is 0.322 e. The third-order valence-electron chi connectivity index (χ3n) is 6.04. The van der Waals surface area contributed by atoms with Gasteiger partial charge < -0.3 is 20.2 Å². The lowest BCUT2D eigenvalue weighted by Crippen LogP contribution is -2.43. The number of urea groups is 1. The number of hydrogen-bond donors (Lipinski definition) is 2. The maximum atomic E-state index is 13.4. The van der Waals surface area contributed by atoms with Crippen molar-refractivity contribution in [3.05, 3.63) is 48.2 Å². The Morgan fingerprint density at radius 3 is 2.59 bits per heavy atom. The van der Waals surface area contributed by atoms with Gasteiger partial charge >= 0.3 is 6.03 Å². The van der Waals surface area contributed by atoms with Crippen molar-refractivity contribution in [2.45, 2.75) is 57.5 Å². The van der Waals surface area contributed by atoms with Gasteiger partial charge in [0.15, 0.2) is 5.82 Å². The normalized spacial score (nSPS) is 17.3. The van der Waals surface area contributed by atoms with E-state index in [1.807, 2.05) is 35.2 Å². The molecule has 0 spiro atoms. The monoisotopic (exact) mass is 394 g/mol. The molecular weight excluding hydrogens is 364 g/mol. The number of rotatable bonds is 5. The Balaban J connectivity index is 1.56. The number of nitrogens with one attached hydrogen (secondary N) is 1. The van der Waals surface area contributed by atoms with Crippen molar-refractivity contribution in [1.82, 2.24) is 9.88 Å². The van der Waals surface area contributed by atoms with Gasteiger partial charge in [-0.25, -0.2) is 9.78 Å². The minimum Gasteiger partial charge on any atom is -0.508 e. The van der Waals surface area contributed by atoms with Gasteiger partial charge in [0.1, 0.15) is 5.75 Å². The fourth-order valence-electron chi connectivity index (χ4n) is 4.45. The number of carbonyl (C=O) groups is 1. The van der Waals surface area contributed by atoms with Crippen LogP contribution in [0.3, 0.4) is 0 Å². The summed E-state index contributed by atoms with van der Waals surface area (Å²) in [6.45, 7) is 2.36. The zero-order chi connectivity index (χ0) is 20.1. The van der Waals surface area contributed by atoms with Gasteiger partial charge in [0.2, 0.25) is 0 Å². The Morgan fingerprint density at radius 1 is 1.07 bits per heavy atom. The topological polar surface area (TPSA) is 68.7 Å². The lowest BCUT2D eigenvalue weighted by atomic mass is 9.94. The van der Waals surface area contributed by atoms with Crippen LogP contribution in [-0.4, -0.2) is 40.2 Å². The molecule has 6 heteroatoms. The summed E-state index contributed by atoms with van der Waals surface area (Å²) in [7, 11) is 0. The first-order valence-corrected chi connectivity index (χ1v) is 10.8. The molecule has 1 aliphatic heterocycles. The molecule has 0 atom stereocenters. The third-order valence-corrected chi connectivity index (χ3v) is 6.04. The fraction of sp³-hybridized carbons (Fsp3) is 0.478. The number of benzene rings is 1. The summed E-state index contributed by atoms with van der Waals surface area (Å²) in [6, 6.07) is 11.1. The number of carbonyl (C=O) groups excluding carboxylic acids is 1. The number of para-hydroxylation sites is 1. The van der Waals surface area contributed by atoms with E-state index in [4.69, 9.17) is 0 Å². The number of phenolic OH excluding ortho intramolecular Hbond substituents is 1. The molecule has 1 saturated carbocycles. The number of amides is 2. The zero-order valence-electron chi connectivity index (χ0n) is 16.9. The number of pyridine rings is 1. The second-order valence-electron chi connectivity index (χ2n) is 8.05. The molecule has 2 N–H and O–H groups in total. The molecule has 2 aromatic rings. The van der Waals surface area contributed by atoms with E-state index in [0.29, 0.717) is 6.54 Å². The zero-order valence-corrected chi connectivity index (χ0v) is 16.9. The van der Waals surface area contributed by atoms with Crippen LogP contribution < -0.4 is 10.2 Å². The Labute approximate surface area is 172 Å². The number of phenols is 1.